The maximum Gasteiger partial charge on any atom is 0.305 e. The van der Waals surface area contributed by atoms with E-state index in [1.54, 1.807) is 11.3 Å². The third-order valence-corrected chi connectivity index (χ3v) is 4.86. The lowest BCUT2D eigenvalue weighted by molar-refractivity contribution is -0.137. The van der Waals surface area contributed by atoms with Crippen LogP contribution in [0.5, 0.6) is 0 Å². The summed E-state index contributed by atoms with van der Waals surface area (Å²) in [5, 5.41) is 14.6. The SMILES string of the molecule is CCC(NC(CC(=O)O)c1cccs1)c1ccc(Br)cc1. The summed E-state index contributed by atoms with van der Waals surface area (Å²) in [6, 6.07) is 12.1. The molecule has 0 bridgehead atoms. The molecule has 0 saturated carbocycles. The van der Waals surface area contributed by atoms with Crippen molar-refractivity contribution in [3.05, 3.63) is 56.7 Å². The van der Waals surface area contributed by atoms with E-state index in [9.17, 15) is 4.79 Å². The third-order valence-electron chi connectivity index (χ3n) is 3.35. The van der Waals surface area contributed by atoms with Crippen LogP contribution in [0, 0.1) is 0 Å². The van der Waals surface area contributed by atoms with Crippen LogP contribution in [0.15, 0.2) is 46.3 Å². The zero-order chi connectivity index (χ0) is 15.2. The molecule has 2 unspecified atom stereocenters. The van der Waals surface area contributed by atoms with Crippen molar-refractivity contribution in [3.63, 3.8) is 0 Å². The lowest BCUT2D eigenvalue weighted by Crippen LogP contribution is -2.27. The lowest BCUT2D eigenvalue weighted by atomic mass is 10.0. The largest absolute Gasteiger partial charge is 0.481 e. The van der Waals surface area contributed by atoms with Crippen molar-refractivity contribution in [1.82, 2.24) is 5.32 Å². The summed E-state index contributed by atoms with van der Waals surface area (Å²) in [6.45, 7) is 2.10. The number of carboxylic acids is 1. The predicted molar refractivity (Wildman–Crippen MR) is 89.6 cm³/mol. The number of thiophene rings is 1. The van der Waals surface area contributed by atoms with Gasteiger partial charge in [-0.3, -0.25) is 4.79 Å². The number of carboxylic acid groups (broad SMARTS) is 1. The maximum absolute atomic E-state index is 11.1. The van der Waals surface area contributed by atoms with Crippen LogP contribution in [0.1, 0.15) is 42.3 Å². The summed E-state index contributed by atoms with van der Waals surface area (Å²) in [6.07, 6.45) is 0.997. The minimum absolute atomic E-state index is 0.0908. The second kappa shape index (κ2) is 7.73. The van der Waals surface area contributed by atoms with E-state index >= 15 is 0 Å². The minimum atomic E-state index is -0.786. The first-order valence-corrected chi connectivity index (χ1v) is 8.54. The summed E-state index contributed by atoms with van der Waals surface area (Å²) in [7, 11) is 0. The van der Waals surface area contributed by atoms with E-state index in [4.69, 9.17) is 5.11 Å². The first-order chi connectivity index (χ1) is 10.1. The van der Waals surface area contributed by atoms with Gasteiger partial charge < -0.3 is 10.4 Å². The average Bonchev–Trinajstić information content (AvgIpc) is 2.98. The van der Waals surface area contributed by atoms with Gasteiger partial charge in [-0.2, -0.15) is 0 Å². The van der Waals surface area contributed by atoms with Crippen LogP contribution in [0.2, 0.25) is 0 Å². The van der Waals surface area contributed by atoms with Crippen molar-refractivity contribution in [1.29, 1.82) is 0 Å². The van der Waals surface area contributed by atoms with Gasteiger partial charge in [0, 0.05) is 15.4 Å². The molecule has 1 aromatic heterocycles. The molecule has 112 valence electrons. The summed E-state index contributed by atoms with van der Waals surface area (Å²) >= 11 is 5.02. The van der Waals surface area contributed by atoms with Crippen molar-refractivity contribution < 1.29 is 9.90 Å². The molecule has 1 heterocycles. The average molecular weight is 368 g/mol. The molecule has 2 aromatic rings. The van der Waals surface area contributed by atoms with Gasteiger partial charge in [-0.25, -0.2) is 0 Å². The summed E-state index contributed by atoms with van der Waals surface area (Å²) in [4.78, 5) is 12.2. The number of rotatable bonds is 7. The number of aliphatic carboxylic acids is 1. The molecule has 5 heteroatoms. The van der Waals surface area contributed by atoms with E-state index in [2.05, 4.69) is 40.3 Å². The molecule has 2 N–H and O–H groups in total. The number of benzene rings is 1. The van der Waals surface area contributed by atoms with Gasteiger partial charge in [0.15, 0.2) is 0 Å². The monoisotopic (exact) mass is 367 g/mol. The first-order valence-electron chi connectivity index (χ1n) is 6.87. The molecule has 21 heavy (non-hydrogen) atoms. The smallest absolute Gasteiger partial charge is 0.305 e. The van der Waals surface area contributed by atoms with Gasteiger partial charge >= 0.3 is 5.97 Å². The highest BCUT2D eigenvalue weighted by atomic mass is 79.9. The Morgan fingerprint density at radius 3 is 2.52 bits per heavy atom. The molecular weight excluding hydrogens is 350 g/mol. The Bertz CT molecular complexity index is 568. The van der Waals surface area contributed by atoms with E-state index in [1.807, 2.05) is 29.6 Å². The predicted octanol–water partition coefficient (Wildman–Crippen LogP) is 4.77. The third kappa shape index (κ3) is 4.66. The van der Waals surface area contributed by atoms with E-state index in [1.165, 1.54) is 5.56 Å². The van der Waals surface area contributed by atoms with Crippen LogP contribution in [0.3, 0.4) is 0 Å². The van der Waals surface area contributed by atoms with Crippen LogP contribution in [0.25, 0.3) is 0 Å². The van der Waals surface area contributed by atoms with Crippen LogP contribution < -0.4 is 5.32 Å². The van der Waals surface area contributed by atoms with Gasteiger partial charge in [0.2, 0.25) is 0 Å². The Kier molecular flexibility index (Phi) is 5.96. The fourth-order valence-electron chi connectivity index (χ4n) is 2.29. The van der Waals surface area contributed by atoms with Crippen LogP contribution in [-0.4, -0.2) is 11.1 Å². The Morgan fingerprint density at radius 2 is 2.00 bits per heavy atom. The van der Waals surface area contributed by atoms with Crippen LogP contribution in [-0.2, 0) is 4.79 Å². The number of nitrogens with one attached hydrogen (secondary N) is 1. The van der Waals surface area contributed by atoms with Crippen LogP contribution in [0.4, 0.5) is 0 Å². The van der Waals surface area contributed by atoms with Crippen molar-refractivity contribution in [2.75, 3.05) is 0 Å². The normalized spacial score (nSPS) is 13.8. The molecule has 0 radical (unpaired) electrons. The molecule has 0 aliphatic rings. The first kappa shape index (κ1) is 16.2. The fraction of sp³-hybridized carbons (Fsp3) is 0.312. The van der Waals surface area contributed by atoms with E-state index in [0.29, 0.717) is 0 Å². The Hall–Kier alpha value is -1.17. The number of halogens is 1. The van der Waals surface area contributed by atoms with Crippen molar-refractivity contribution in [2.24, 2.45) is 0 Å². The zero-order valence-corrected chi connectivity index (χ0v) is 14.2. The molecule has 0 spiro atoms. The second-order valence-corrected chi connectivity index (χ2v) is 6.74. The van der Waals surface area contributed by atoms with E-state index < -0.39 is 5.97 Å². The molecule has 3 nitrogen and oxygen atoms in total. The number of hydrogen-bond donors (Lipinski definition) is 2. The van der Waals surface area contributed by atoms with Crippen molar-refractivity contribution >= 4 is 33.2 Å². The molecule has 0 saturated heterocycles. The van der Waals surface area contributed by atoms with Gasteiger partial charge in [0.25, 0.3) is 0 Å². The number of hydrogen-bond acceptors (Lipinski definition) is 3. The standard InChI is InChI=1S/C16H18BrNO2S/c1-2-13(11-5-7-12(17)8-6-11)18-14(10-16(19)20)15-4-3-9-21-15/h3-9,13-14,18H,2,10H2,1H3,(H,19,20). The fourth-order valence-corrected chi connectivity index (χ4v) is 3.34. The molecule has 2 rings (SSSR count). The van der Waals surface area contributed by atoms with E-state index in [-0.39, 0.29) is 18.5 Å². The Balaban J connectivity index is 2.16. The maximum atomic E-state index is 11.1. The van der Waals surface area contributed by atoms with Gasteiger partial charge in [-0.15, -0.1) is 11.3 Å². The highest BCUT2D eigenvalue weighted by Gasteiger charge is 2.20. The minimum Gasteiger partial charge on any atom is -0.481 e. The second-order valence-electron chi connectivity index (χ2n) is 4.84. The molecule has 2 atom stereocenters. The molecule has 0 aliphatic carbocycles. The van der Waals surface area contributed by atoms with Gasteiger partial charge in [0.05, 0.1) is 12.5 Å². The Labute approximate surface area is 137 Å². The molecular formula is C16H18BrNO2S. The van der Waals surface area contributed by atoms with Crippen LogP contribution >= 0.6 is 27.3 Å². The van der Waals surface area contributed by atoms with Gasteiger partial charge in [0.1, 0.15) is 0 Å². The van der Waals surface area contributed by atoms with Gasteiger partial charge in [-0.1, -0.05) is 41.1 Å². The molecule has 1 aromatic carbocycles. The topological polar surface area (TPSA) is 49.3 Å². The van der Waals surface area contributed by atoms with Crippen molar-refractivity contribution in [2.45, 2.75) is 31.8 Å². The molecule has 0 amide bonds. The summed E-state index contributed by atoms with van der Waals surface area (Å²) in [5.74, 6) is -0.786. The highest BCUT2D eigenvalue weighted by molar-refractivity contribution is 9.10. The zero-order valence-electron chi connectivity index (χ0n) is 11.8. The summed E-state index contributed by atoms with van der Waals surface area (Å²) in [5.41, 5.74) is 1.17. The molecule has 0 aliphatic heterocycles. The number of carbonyl (C=O) groups is 1. The lowest BCUT2D eigenvalue weighted by Gasteiger charge is -2.24. The highest BCUT2D eigenvalue weighted by Crippen LogP contribution is 2.28. The van der Waals surface area contributed by atoms with Gasteiger partial charge in [-0.05, 0) is 35.6 Å². The quantitative estimate of drug-likeness (QED) is 0.740. The van der Waals surface area contributed by atoms with Crippen molar-refractivity contribution in [3.8, 4) is 0 Å². The Morgan fingerprint density at radius 1 is 1.29 bits per heavy atom. The molecule has 0 fully saturated rings. The summed E-state index contributed by atoms with van der Waals surface area (Å²) < 4.78 is 1.04. The van der Waals surface area contributed by atoms with E-state index in [0.717, 1.165) is 15.8 Å².